The molecule has 0 bridgehead atoms. The predicted molar refractivity (Wildman–Crippen MR) is 84.7 cm³/mol. The highest BCUT2D eigenvalue weighted by Gasteiger charge is 2.25. The van der Waals surface area contributed by atoms with E-state index in [4.69, 9.17) is 4.74 Å². The van der Waals surface area contributed by atoms with Crippen LogP contribution < -0.4 is 10.2 Å². The molecule has 0 aliphatic carbocycles. The van der Waals surface area contributed by atoms with Crippen molar-refractivity contribution in [2.45, 2.75) is 46.3 Å². The highest BCUT2D eigenvalue weighted by molar-refractivity contribution is 5.91. The number of aryl methyl sites for hydroxylation is 2. The van der Waals surface area contributed by atoms with E-state index in [0.29, 0.717) is 6.42 Å². The number of ether oxygens (including phenoxy) is 1. The van der Waals surface area contributed by atoms with Crippen LogP contribution in [0.4, 0.5) is 5.69 Å². The molecule has 0 spiro atoms. The van der Waals surface area contributed by atoms with Crippen molar-refractivity contribution in [1.29, 1.82) is 0 Å². The van der Waals surface area contributed by atoms with Gasteiger partial charge in [0.1, 0.15) is 25.3 Å². The van der Waals surface area contributed by atoms with Gasteiger partial charge in [-0.15, -0.1) is 0 Å². The van der Waals surface area contributed by atoms with Gasteiger partial charge >= 0.3 is 0 Å². The Morgan fingerprint density at radius 1 is 1.29 bits per heavy atom. The van der Waals surface area contributed by atoms with E-state index < -0.39 is 0 Å². The zero-order valence-corrected chi connectivity index (χ0v) is 13.5. The number of carbonyl (C=O) groups is 1. The fourth-order valence-electron chi connectivity index (χ4n) is 2.97. The van der Waals surface area contributed by atoms with Crippen LogP contribution in [0.15, 0.2) is 18.2 Å². The first-order valence-electron chi connectivity index (χ1n) is 7.80. The normalized spacial score (nSPS) is 25.6. The summed E-state index contributed by atoms with van der Waals surface area (Å²) in [5.41, 5.74) is 3.20. The van der Waals surface area contributed by atoms with Gasteiger partial charge in [0.2, 0.25) is 5.91 Å². The Balaban J connectivity index is 1.83. The molecule has 1 fully saturated rings. The minimum absolute atomic E-state index is 0.1000. The summed E-state index contributed by atoms with van der Waals surface area (Å²) in [6.07, 6.45) is 1.12. The van der Waals surface area contributed by atoms with Crippen molar-refractivity contribution >= 4 is 11.6 Å². The zero-order chi connectivity index (χ0) is 15.4. The van der Waals surface area contributed by atoms with E-state index >= 15 is 0 Å². The summed E-state index contributed by atoms with van der Waals surface area (Å²) in [5.74, 6) is 0.1000. The Morgan fingerprint density at radius 2 is 1.95 bits per heavy atom. The molecule has 4 nitrogen and oxygen atoms in total. The van der Waals surface area contributed by atoms with Crippen LogP contribution in [0.2, 0.25) is 0 Å². The maximum atomic E-state index is 12.1. The largest absolute Gasteiger partial charge is 0.364 e. The van der Waals surface area contributed by atoms with Gasteiger partial charge in [-0.1, -0.05) is 12.1 Å². The summed E-state index contributed by atoms with van der Waals surface area (Å²) >= 11 is 0. The molecule has 1 aromatic carbocycles. The summed E-state index contributed by atoms with van der Waals surface area (Å²) in [7, 11) is 0. The number of amides is 1. The van der Waals surface area contributed by atoms with E-state index in [1.54, 1.807) is 0 Å². The van der Waals surface area contributed by atoms with Gasteiger partial charge < -0.3 is 15.0 Å². The molecule has 1 saturated heterocycles. The quantitative estimate of drug-likeness (QED) is 0.879. The lowest BCUT2D eigenvalue weighted by molar-refractivity contribution is -0.914. The van der Waals surface area contributed by atoms with Crippen LogP contribution in [0.25, 0.3) is 0 Å². The van der Waals surface area contributed by atoms with Crippen molar-refractivity contribution < 1.29 is 14.4 Å². The van der Waals surface area contributed by atoms with Crippen LogP contribution in [0, 0.1) is 13.8 Å². The number of rotatable bonds is 4. The number of quaternary nitrogens is 1. The minimum atomic E-state index is 0.1000. The van der Waals surface area contributed by atoms with Gasteiger partial charge in [0, 0.05) is 5.69 Å². The lowest BCUT2D eigenvalue weighted by atomic mass is 10.1. The van der Waals surface area contributed by atoms with E-state index in [1.165, 1.54) is 4.90 Å². The number of hydrogen-bond acceptors (Lipinski definition) is 2. The van der Waals surface area contributed by atoms with Crippen LogP contribution in [0.3, 0.4) is 0 Å². The molecule has 1 aromatic rings. The second-order valence-corrected chi connectivity index (χ2v) is 6.28. The summed E-state index contributed by atoms with van der Waals surface area (Å²) in [6.45, 7) is 11.1. The third-order valence-electron chi connectivity index (χ3n) is 3.99. The van der Waals surface area contributed by atoms with Crippen LogP contribution in [-0.4, -0.2) is 37.7 Å². The molecule has 1 amide bonds. The Labute approximate surface area is 127 Å². The van der Waals surface area contributed by atoms with Gasteiger partial charge in [-0.25, -0.2) is 0 Å². The number of anilines is 1. The zero-order valence-electron chi connectivity index (χ0n) is 13.5. The molecule has 0 radical (unpaired) electrons. The number of carbonyl (C=O) groups excluding carboxylic acids is 1. The first-order chi connectivity index (χ1) is 9.94. The summed E-state index contributed by atoms with van der Waals surface area (Å²) in [4.78, 5) is 13.6. The van der Waals surface area contributed by atoms with Crippen molar-refractivity contribution in [3.05, 3.63) is 29.3 Å². The monoisotopic (exact) mass is 291 g/mol. The lowest BCUT2D eigenvalue weighted by Gasteiger charge is -2.32. The highest BCUT2D eigenvalue weighted by Crippen LogP contribution is 2.16. The molecule has 0 aromatic heterocycles. The van der Waals surface area contributed by atoms with E-state index in [-0.39, 0.29) is 18.1 Å². The maximum Gasteiger partial charge on any atom is 0.230 e. The molecule has 1 aliphatic heterocycles. The van der Waals surface area contributed by atoms with Gasteiger partial charge in [0.25, 0.3) is 0 Å². The Morgan fingerprint density at radius 3 is 2.62 bits per heavy atom. The Bertz CT molecular complexity index is 492. The Hall–Kier alpha value is -1.39. The topological polar surface area (TPSA) is 42.8 Å². The summed E-state index contributed by atoms with van der Waals surface area (Å²) < 4.78 is 5.73. The predicted octanol–water partition coefficient (Wildman–Crippen LogP) is 1.32. The lowest BCUT2D eigenvalue weighted by Crippen LogP contribution is -3.15. The molecule has 2 rings (SSSR count). The second-order valence-electron chi connectivity index (χ2n) is 6.28. The van der Waals surface area contributed by atoms with E-state index in [1.807, 2.05) is 26.0 Å². The van der Waals surface area contributed by atoms with Gasteiger partial charge in [-0.3, -0.25) is 4.79 Å². The molecule has 2 atom stereocenters. The summed E-state index contributed by atoms with van der Waals surface area (Å²) in [6, 6.07) is 6.13. The molecule has 2 unspecified atom stereocenters. The van der Waals surface area contributed by atoms with E-state index in [0.717, 1.165) is 36.4 Å². The van der Waals surface area contributed by atoms with Crippen molar-refractivity contribution in [2.24, 2.45) is 0 Å². The minimum Gasteiger partial charge on any atom is -0.364 e. The van der Waals surface area contributed by atoms with Crippen LogP contribution in [-0.2, 0) is 9.53 Å². The van der Waals surface area contributed by atoms with E-state index in [9.17, 15) is 4.79 Å². The van der Waals surface area contributed by atoms with Gasteiger partial charge in [-0.2, -0.15) is 0 Å². The van der Waals surface area contributed by atoms with Crippen molar-refractivity contribution in [2.75, 3.05) is 25.0 Å². The summed E-state index contributed by atoms with van der Waals surface area (Å²) in [5, 5.41) is 3.03. The molecule has 21 heavy (non-hydrogen) atoms. The number of benzene rings is 1. The first kappa shape index (κ1) is 16.0. The van der Waals surface area contributed by atoms with Crippen molar-refractivity contribution in [1.82, 2.24) is 0 Å². The fraction of sp³-hybridized carbons (Fsp3) is 0.588. The average Bonchev–Trinajstić information content (AvgIpc) is 2.40. The molecule has 116 valence electrons. The molecular formula is C17H27N2O2+. The Kier molecular flexibility index (Phi) is 5.37. The molecule has 0 saturated carbocycles. The molecule has 1 aliphatic rings. The van der Waals surface area contributed by atoms with Crippen LogP contribution in [0.5, 0.6) is 0 Å². The fourth-order valence-corrected chi connectivity index (χ4v) is 2.97. The third-order valence-corrected chi connectivity index (χ3v) is 3.99. The number of morpholine rings is 1. The average molecular weight is 291 g/mol. The highest BCUT2D eigenvalue weighted by atomic mass is 16.5. The molecule has 4 heteroatoms. The smallest absolute Gasteiger partial charge is 0.230 e. The second kappa shape index (κ2) is 7.05. The van der Waals surface area contributed by atoms with Crippen LogP contribution in [0.1, 0.15) is 31.4 Å². The van der Waals surface area contributed by atoms with Crippen molar-refractivity contribution in [3.63, 3.8) is 0 Å². The van der Waals surface area contributed by atoms with Gasteiger partial charge in [-0.05, 0) is 44.9 Å². The van der Waals surface area contributed by atoms with Gasteiger partial charge in [0.15, 0.2) is 0 Å². The van der Waals surface area contributed by atoms with Crippen molar-refractivity contribution in [3.8, 4) is 0 Å². The van der Waals surface area contributed by atoms with Crippen LogP contribution >= 0.6 is 0 Å². The molecule has 1 heterocycles. The molecular weight excluding hydrogens is 264 g/mol. The maximum absolute atomic E-state index is 12.1. The third kappa shape index (κ3) is 4.83. The molecule has 2 N–H and O–H groups in total. The number of hydrogen-bond donors (Lipinski definition) is 2. The standard InChI is InChI=1S/C17H26N2O2/c1-12-5-6-13(2)16(9-12)18-17(20)7-8-19-10-14(3)21-15(4)11-19/h5-6,9,14-15H,7-8,10-11H2,1-4H3,(H,18,20)/p+1. The SMILES string of the molecule is Cc1ccc(C)c(NC(=O)CC[NH+]2CC(C)OC(C)C2)c1. The van der Waals surface area contributed by atoms with E-state index in [2.05, 4.69) is 25.2 Å². The first-order valence-corrected chi connectivity index (χ1v) is 7.80. The van der Waals surface area contributed by atoms with Gasteiger partial charge in [0.05, 0.1) is 13.0 Å². The number of nitrogens with one attached hydrogen (secondary N) is 2.